The Bertz CT molecular complexity index is 247. The van der Waals surface area contributed by atoms with Gasteiger partial charge in [0.2, 0.25) is 0 Å². The van der Waals surface area contributed by atoms with E-state index in [2.05, 4.69) is 31.1 Å². The monoisotopic (exact) mass is 254 g/mol. The fourth-order valence-corrected chi connectivity index (χ4v) is 2.73. The van der Waals surface area contributed by atoms with Crippen molar-refractivity contribution in [3.8, 4) is 0 Å². The summed E-state index contributed by atoms with van der Waals surface area (Å²) in [5, 5.41) is 3.51. The van der Waals surface area contributed by atoms with E-state index in [9.17, 15) is 0 Å². The van der Waals surface area contributed by atoms with E-state index in [1.54, 1.807) is 0 Å². The summed E-state index contributed by atoms with van der Waals surface area (Å²) < 4.78 is 6.21. The average Bonchev–Trinajstić information content (AvgIpc) is 3.07. The van der Waals surface area contributed by atoms with E-state index in [0.717, 1.165) is 25.7 Å². The molecule has 0 amide bonds. The molecule has 2 aliphatic carbocycles. The third-order valence-electron chi connectivity index (χ3n) is 4.42. The highest BCUT2D eigenvalue weighted by atomic mass is 16.5. The predicted octanol–water partition coefficient (Wildman–Crippen LogP) is 2.41. The van der Waals surface area contributed by atoms with Crippen molar-refractivity contribution in [2.75, 3.05) is 26.7 Å². The lowest BCUT2D eigenvalue weighted by atomic mass is 9.77. The van der Waals surface area contributed by atoms with Crippen LogP contribution in [0.4, 0.5) is 0 Å². The highest BCUT2D eigenvalue weighted by Gasteiger charge is 2.37. The maximum atomic E-state index is 6.21. The van der Waals surface area contributed by atoms with Gasteiger partial charge in [0.05, 0.1) is 12.2 Å². The van der Waals surface area contributed by atoms with Crippen LogP contribution in [0.25, 0.3) is 0 Å². The number of likely N-dealkylation sites (N-methyl/N-ethyl adjacent to an activating group) is 1. The van der Waals surface area contributed by atoms with E-state index in [0.29, 0.717) is 6.04 Å². The highest BCUT2D eigenvalue weighted by molar-refractivity contribution is 4.91. The molecule has 3 nitrogen and oxygen atoms in total. The van der Waals surface area contributed by atoms with Crippen molar-refractivity contribution in [3.63, 3.8) is 0 Å². The molecule has 106 valence electrons. The molecule has 0 unspecified atom stereocenters. The Kier molecular flexibility index (Phi) is 5.05. The molecule has 0 spiro atoms. The van der Waals surface area contributed by atoms with Crippen molar-refractivity contribution in [2.45, 2.75) is 70.1 Å². The van der Waals surface area contributed by atoms with Crippen molar-refractivity contribution in [3.05, 3.63) is 0 Å². The third kappa shape index (κ3) is 4.22. The maximum Gasteiger partial charge on any atom is 0.0695 e. The lowest BCUT2D eigenvalue weighted by Crippen LogP contribution is -2.44. The zero-order valence-corrected chi connectivity index (χ0v) is 12.4. The molecule has 0 aromatic heterocycles. The normalized spacial score (nSPS) is 22.5. The molecule has 0 saturated heterocycles. The predicted molar refractivity (Wildman–Crippen MR) is 75.9 cm³/mol. The number of hydrogen-bond acceptors (Lipinski definition) is 3. The number of nitrogens with zero attached hydrogens (tertiary/aromatic N) is 1. The topological polar surface area (TPSA) is 24.5 Å². The minimum atomic E-state index is 0.215. The van der Waals surface area contributed by atoms with Crippen LogP contribution < -0.4 is 5.32 Å². The van der Waals surface area contributed by atoms with E-state index in [1.807, 2.05) is 0 Å². The molecule has 0 radical (unpaired) electrons. The summed E-state index contributed by atoms with van der Waals surface area (Å²) in [6.45, 7) is 7.52. The van der Waals surface area contributed by atoms with Gasteiger partial charge < -0.3 is 15.0 Å². The van der Waals surface area contributed by atoms with E-state index >= 15 is 0 Å². The largest absolute Gasteiger partial charge is 0.374 e. The first-order valence-corrected chi connectivity index (χ1v) is 7.69. The highest BCUT2D eigenvalue weighted by Crippen LogP contribution is 2.38. The lowest BCUT2D eigenvalue weighted by Gasteiger charge is -2.42. The van der Waals surface area contributed by atoms with Gasteiger partial charge in [0.15, 0.2) is 0 Å². The van der Waals surface area contributed by atoms with Gasteiger partial charge in [0.1, 0.15) is 0 Å². The molecule has 1 N–H and O–H groups in total. The minimum absolute atomic E-state index is 0.215. The van der Waals surface area contributed by atoms with Crippen molar-refractivity contribution >= 4 is 0 Å². The second-order valence-corrected chi connectivity index (χ2v) is 6.46. The summed E-state index contributed by atoms with van der Waals surface area (Å²) in [5.74, 6) is 0. The molecule has 0 aromatic rings. The molecular formula is C15H30N2O. The number of hydrogen-bond donors (Lipinski definition) is 1. The van der Waals surface area contributed by atoms with E-state index in [1.165, 1.54) is 38.5 Å². The van der Waals surface area contributed by atoms with Gasteiger partial charge in [-0.3, -0.25) is 0 Å². The van der Waals surface area contributed by atoms with Crippen LogP contribution in [-0.2, 0) is 4.74 Å². The van der Waals surface area contributed by atoms with Crippen molar-refractivity contribution in [2.24, 2.45) is 0 Å². The van der Waals surface area contributed by atoms with Crippen molar-refractivity contribution in [1.82, 2.24) is 10.2 Å². The van der Waals surface area contributed by atoms with Crippen LogP contribution in [-0.4, -0.2) is 49.3 Å². The Balaban J connectivity index is 1.61. The molecule has 0 bridgehead atoms. The average molecular weight is 254 g/mol. The van der Waals surface area contributed by atoms with Gasteiger partial charge in [-0.25, -0.2) is 0 Å². The second kappa shape index (κ2) is 6.36. The van der Waals surface area contributed by atoms with Gasteiger partial charge in [-0.1, -0.05) is 13.8 Å². The number of rotatable bonds is 9. The van der Waals surface area contributed by atoms with Crippen molar-refractivity contribution < 1.29 is 4.74 Å². The second-order valence-electron chi connectivity index (χ2n) is 6.46. The summed E-state index contributed by atoms with van der Waals surface area (Å²) >= 11 is 0. The van der Waals surface area contributed by atoms with Crippen LogP contribution in [0.3, 0.4) is 0 Å². The quantitative estimate of drug-likeness (QED) is 0.684. The Morgan fingerprint density at radius 3 is 2.56 bits per heavy atom. The molecule has 18 heavy (non-hydrogen) atoms. The van der Waals surface area contributed by atoms with E-state index in [4.69, 9.17) is 4.74 Å². The van der Waals surface area contributed by atoms with Gasteiger partial charge in [-0.05, 0) is 52.1 Å². The summed E-state index contributed by atoms with van der Waals surface area (Å²) in [5.41, 5.74) is 0.215. The fourth-order valence-electron chi connectivity index (χ4n) is 2.73. The van der Waals surface area contributed by atoms with Crippen LogP contribution in [0.2, 0.25) is 0 Å². The summed E-state index contributed by atoms with van der Waals surface area (Å²) in [6, 6.07) is 1.44. The molecule has 2 saturated carbocycles. The zero-order valence-electron chi connectivity index (χ0n) is 12.4. The third-order valence-corrected chi connectivity index (χ3v) is 4.42. The lowest BCUT2D eigenvalue weighted by molar-refractivity contribution is -0.108. The van der Waals surface area contributed by atoms with Crippen LogP contribution in [0.1, 0.15) is 52.4 Å². The molecule has 0 atom stereocenters. The summed E-state index contributed by atoms with van der Waals surface area (Å²) in [6.07, 6.45) is 7.83. The van der Waals surface area contributed by atoms with Gasteiger partial charge in [0.25, 0.3) is 0 Å². The Hall–Kier alpha value is -0.120. The fraction of sp³-hybridized carbons (Fsp3) is 1.00. The minimum Gasteiger partial charge on any atom is -0.374 e. The summed E-state index contributed by atoms with van der Waals surface area (Å²) in [7, 11) is 2.23. The van der Waals surface area contributed by atoms with Gasteiger partial charge >= 0.3 is 0 Å². The molecule has 0 aliphatic heterocycles. The Labute approximate surface area is 112 Å². The van der Waals surface area contributed by atoms with Gasteiger partial charge in [-0.15, -0.1) is 0 Å². The van der Waals surface area contributed by atoms with Gasteiger partial charge in [0, 0.05) is 18.6 Å². The maximum absolute atomic E-state index is 6.21. The SMILES string of the molecule is CC(C)NCCC1(OCCN(C)C2CC2)CCC1. The van der Waals surface area contributed by atoms with Crippen molar-refractivity contribution in [1.29, 1.82) is 0 Å². The molecule has 2 rings (SSSR count). The first kappa shape index (κ1) is 14.3. The number of nitrogens with one attached hydrogen (secondary N) is 1. The molecule has 2 fully saturated rings. The van der Waals surface area contributed by atoms with E-state index in [-0.39, 0.29) is 5.60 Å². The van der Waals surface area contributed by atoms with Crippen LogP contribution in [0, 0.1) is 0 Å². The molecule has 3 heteroatoms. The van der Waals surface area contributed by atoms with Crippen LogP contribution in [0.15, 0.2) is 0 Å². The molecule has 0 aromatic carbocycles. The zero-order chi connectivity index (χ0) is 13.0. The van der Waals surface area contributed by atoms with Crippen LogP contribution in [0.5, 0.6) is 0 Å². The smallest absolute Gasteiger partial charge is 0.0695 e. The summed E-state index contributed by atoms with van der Waals surface area (Å²) in [4.78, 5) is 2.46. The first-order valence-electron chi connectivity index (χ1n) is 7.69. The van der Waals surface area contributed by atoms with E-state index < -0.39 is 0 Å². The number of ether oxygens (including phenoxy) is 1. The molecule has 2 aliphatic rings. The van der Waals surface area contributed by atoms with Crippen LogP contribution >= 0.6 is 0 Å². The first-order chi connectivity index (χ1) is 8.61. The Morgan fingerprint density at radius 2 is 2.06 bits per heavy atom. The molecular weight excluding hydrogens is 224 g/mol. The van der Waals surface area contributed by atoms with Gasteiger partial charge in [-0.2, -0.15) is 0 Å². The molecule has 0 heterocycles. The standard InChI is InChI=1S/C15H30N2O/c1-13(2)16-10-9-15(7-4-8-15)18-12-11-17(3)14-5-6-14/h13-14,16H,4-12H2,1-3H3. The Morgan fingerprint density at radius 1 is 1.33 bits per heavy atom.